The molecular weight excluding hydrogens is 295 g/mol. The van der Waals surface area contributed by atoms with Crippen LogP contribution in [0.1, 0.15) is 16.5 Å². The third kappa shape index (κ3) is 3.05. The number of hydrogen-bond acceptors (Lipinski definition) is 3. The van der Waals surface area contributed by atoms with Crippen molar-refractivity contribution < 1.29 is 18.6 Å². The quantitative estimate of drug-likeness (QED) is 0.775. The van der Waals surface area contributed by atoms with Crippen molar-refractivity contribution >= 4 is 11.6 Å². The van der Waals surface area contributed by atoms with Gasteiger partial charge in [-0.15, -0.1) is 11.6 Å². The molecule has 0 heterocycles. The first kappa shape index (κ1) is 15.4. The van der Waals surface area contributed by atoms with Crippen molar-refractivity contribution in [2.75, 3.05) is 21.3 Å². The number of methoxy groups -OCH3 is 3. The van der Waals surface area contributed by atoms with E-state index >= 15 is 0 Å². The summed E-state index contributed by atoms with van der Waals surface area (Å²) in [7, 11) is 4.57. The molecule has 0 aromatic heterocycles. The van der Waals surface area contributed by atoms with Crippen LogP contribution in [0.3, 0.4) is 0 Å². The Kier molecular flexibility index (Phi) is 4.91. The molecule has 2 aromatic carbocycles. The molecule has 0 saturated heterocycles. The number of hydrogen-bond donors (Lipinski definition) is 0. The van der Waals surface area contributed by atoms with Crippen LogP contribution in [0.5, 0.6) is 17.2 Å². The molecule has 0 N–H and O–H groups in total. The van der Waals surface area contributed by atoms with Crippen LogP contribution in [0.15, 0.2) is 36.4 Å². The second kappa shape index (κ2) is 6.68. The molecule has 0 saturated carbocycles. The van der Waals surface area contributed by atoms with Crippen LogP contribution in [0.25, 0.3) is 0 Å². The monoisotopic (exact) mass is 310 g/mol. The maximum Gasteiger partial charge on any atom is 0.131 e. The fourth-order valence-corrected chi connectivity index (χ4v) is 2.52. The van der Waals surface area contributed by atoms with Gasteiger partial charge in [0.25, 0.3) is 0 Å². The average Bonchev–Trinajstić information content (AvgIpc) is 2.53. The largest absolute Gasteiger partial charge is 0.497 e. The summed E-state index contributed by atoms with van der Waals surface area (Å²) < 4.78 is 29.8. The second-order valence-corrected chi connectivity index (χ2v) is 4.76. The van der Waals surface area contributed by atoms with Gasteiger partial charge < -0.3 is 14.2 Å². The Morgan fingerprint density at radius 3 is 2.29 bits per heavy atom. The maximum absolute atomic E-state index is 14.2. The van der Waals surface area contributed by atoms with Crippen molar-refractivity contribution in [2.45, 2.75) is 5.38 Å². The molecule has 0 spiro atoms. The van der Waals surface area contributed by atoms with E-state index < -0.39 is 11.2 Å². The Labute approximate surface area is 128 Å². The molecule has 21 heavy (non-hydrogen) atoms. The predicted octanol–water partition coefficient (Wildman–Crippen LogP) is 4.18. The molecule has 0 radical (unpaired) electrons. The van der Waals surface area contributed by atoms with E-state index in [1.807, 2.05) is 0 Å². The van der Waals surface area contributed by atoms with E-state index in [1.165, 1.54) is 20.3 Å². The minimum atomic E-state index is -0.758. The Bertz CT molecular complexity index is 631. The third-order valence-corrected chi connectivity index (χ3v) is 3.65. The van der Waals surface area contributed by atoms with E-state index in [0.29, 0.717) is 22.8 Å². The molecule has 5 heteroatoms. The van der Waals surface area contributed by atoms with E-state index in [9.17, 15) is 4.39 Å². The molecule has 0 fully saturated rings. The van der Waals surface area contributed by atoms with Gasteiger partial charge in [-0.3, -0.25) is 0 Å². The summed E-state index contributed by atoms with van der Waals surface area (Å²) >= 11 is 6.48. The maximum atomic E-state index is 14.2. The van der Waals surface area contributed by atoms with Gasteiger partial charge in [0.05, 0.1) is 32.3 Å². The van der Waals surface area contributed by atoms with Crippen molar-refractivity contribution in [1.82, 2.24) is 0 Å². The molecule has 0 aliphatic rings. The van der Waals surface area contributed by atoms with Crippen LogP contribution in [0.2, 0.25) is 0 Å². The molecule has 2 aromatic rings. The van der Waals surface area contributed by atoms with Crippen molar-refractivity contribution in [3.63, 3.8) is 0 Å². The van der Waals surface area contributed by atoms with E-state index in [-0.39, 0.29) is 5.56 Å². The smallest absolute Gasteiger partial charge is 0.131 e. The average molecular weight is 311 g/mol. The number of ether oxygens (including phenoxy) is 3. The Balaban J connectivity index is 2.56. The summed E-state index contributed by atoms with van der Waals surface area (Å²) in [6.07, 6.45) is 0. The molecule has 1 unspecified atom stereocenters. The van der Waals surface area contributed by atoms with Gasteiger partial charge >= 0.3 is 0 Å². The van der Waals surface area contributed by atoms with E-state index in [2.05, 4.69) is 0 Å². The first-order valence-corrected chi connectivity index (χ1v) is 6.74. The first-order valence-electron chi connectivity index (χ1n) is 6.30. The van der Waals surface area contributed by atoms with Crippen LogP contribution in [0, 0.1) is 5.82 Å². The predicted molar refractivity (Wildman–Crippen MR) is 80.2 cm³/mol. The lowest BCUT2D eigenvalue weighted by atomic mass is 10.0. The van der Waals surface area contributed by atoms with Gasteiger partial charge in [0.2, 0.25) is 0 Å². The molecule has 0 bridgehead atoms. The summed E-state index contributed by atoms with van der Waals surface area (Å²) in [5, 5.41) is -0.758. The summed E-state index contributed by atoms with van der Waals surface area (Å²) in [6, 6.07) is 9.80. The lowest BCUT2D eigenvalue weighted by molar-refractivity contribution is 0.395. The van der Waals surface area contributed by atoms with Gasteiger partial charge in [0, 0.05) is 5.56 Å². The van der Waals surface area contributed by atoms with Gasteiger partial charge in [-0.2, -0.15) is 0 Å². The van der Waals surface area contributed by atoms with Gasteiger partial charge in [-0.1, -0.05) is 6.07 Å². The second-order valence-electron chi connectivity index (χ2n) is 4.33. The lowest BCUT2D eigenvalue weighted by Gasteiger charge is -2.18. The van der Waals surface area contributed by atoms with Gasteiger partial charge in [0.1, 0.15) is 23.1 Å². The minimum absolute atomic E-state index is 0.271. The molecule has 0 aliphatic heterocycles. The molecule has 1 atom stereocenters. The fraction of sp³-hybridized carbons (Fsp3) is 0.250. The molecule has 0 amide bonds. The third-order valence-electron chi connectivity index (χ3n) is 3.20. The van der Waals surface area contributed by atoms with Crippen LogP contribution >= 0.6 is 11.6 Å². The standard InChI is InChI=1S/C16H16ClFO3/c1-19-10-7-8-13(20-2)11(9-10)16(17)15-12(18)5-4-6-14(15)21-3/h4-9,16H,1-3H3. The highest BCUT2D eigenvalue weighted by molar-refractivity contribution is 6.23. The Morgan fingerprint density at radius 1 is 0.952 bits per heavy atom. The summed E-state index contributed by atoms with van der Waals surface area (Å²) in [4.78, 5) is 0. The van der Waals surface area contributed by atoms with Crippen molar-refractivity contribution in [3.05, 3.63) is 53.3 Å². The van der Waals surface area contributed by atoms with Crippen LogP contribution < -0.4 is 14.2 Å². The molecule has 112 valence electrons. The van der Waals surface area contributed by atoms with Gasteiger partial charge in [-0.05, 0) is 30.3 Å². The fourth-order valence-electron chi connectivity index (χ4n) is 2.13. The van der Waals surface area contributed by atoms with E-state index in [0.717, 1.165) is 0 Å². The zero-order valence-corrected chi connectivity index (χ0v) is 12.8. The summed E-state index contributed by atoms with van der Waals surface area (Å²) in [6.45, 7) is 0. The normalized spacial score (nSPS) is 11.9. The highest BCUT2D eigenvalue weighted by atomic mass is 35.5. The SMILES string of the molecule is COc1ccc(OC)c(C(Cl)c2c(F)cccc2OC)c1. The molecule has 0 aliphatic carbocycles. The minimum Gasteiger partial charge on any atom is -0.497 e. The number of halogens is 2. The Hall–Kier alpha value is -1.94. The Morgan fingerprint density at radius 2 is 1.67 bits per heavy atom. The van der Waals surface area contributed by atoms with Gasteiger partial charge in [0.15, 0.2) is 0 Å². The summed E-state index contributed by atoms with van der Waals surface area (Å²) in [5.41, 5.74) is 0.884. The highest BCUT2D eigenvalue weighted by Gasteiger charge is 2.23. The van der Waals surface area contributed by atoms with Crippen molar-refractivity contribution in [2.24, 2.45) is 0 Å². The highest BCUT2D eigenvalue weighted by Crippen LogP contribution is 2.41. The van der Waals surface area contributed by atoms with E-state index in [4.69, 9.17) is 25.8 Å². The topological polar surface area (TPSA) is 27.7 Å². The van der Waals surface area contributed by atoms with Crippen LogP contribution in [-0.4, -0.2) is 21.3 Å². The number of benzene rings is 2. The zero-order valence-electron chi connectivity index (χ0n) is 12.0. The van der Waals surface area contributed by atoms with Gasteiger partial charge in [-0.25, -0.2) is 4.39 Å². The van der Waals surface area contributed by atoms with E-state index in [1.54, 1.807) is 37.4 Å². The summed E-state index contributed by atoms with van der Waals surface area (Å²) in [5.74, 6) is 1.13. The van der Waals surface area contributed by atoms with Crippen molar-refractivity contribution in [3.8, 4) is 17.2 Å². The van der Waals surface area contributed by atoms with Crippen molar-refractivity contribution in [1.29, 1.82) is 0 Å². The molecular formula is C16H16ClFO3. The molecule has 2 rings (SSSR count). The number of rotatable bonds is 5. The number of alkyl halides is 1. The molecule has 3 nitrogen and oxygen atoms in total. The lowest BCUT2D eigenvalue weighted by Crippen LogP contribution is -2.03. The van der Waals surface area contributed by atoms with Crippen LogP contribution in [-0.2, 0) is 0 Å². The van der Waals surface area contributed by atoms with Crippen LogP contribution in [0.4, 0.5) is 4.39 Å². The zero-order chi connectivity index (χ0) is 15.4. The first-order chi connectivity index (χ1) is 10.1.